The number of fused-ring (bicyclic) bond motifs is 1. The SMILES string of the molecule is N[C@@]12C[C@H](OCc3ccccc3)[C@@H](COCc3ccccc3)[C@@H]1C2. The quantitative estimate of drug-likeness (QED) is 0.848. The summed E-state index contributed by atoms with van der Waals surface area (Å²) in [7, 11) is 0. The maximum absolute atomic E-state index is 6.45. The van der Waals surface area contributed by atoms with Gasteiger partial charge in [-0.15, -0.1) is 0 Å². The van der Waals surface area contributed by atoms with Crippen molar-refractivity contribution in [3.63, 3.8) is 0 Å². The fraction of sp³-hybridized carbons (Fsp3) is 0.429. The first-order chi connectivity index (χ1) is 11.7. The Morgan fingerprint density at radius 2 is 1.50 bits per heavy atom. The van der Waals surface area contributed by atoms with E-state index in [0.29, 0.717) is 25.0 Å². The van der Waals surface area contributed by atoms with Crippen LogP contribution >= 0.6 is 0 Å². The van der Waals surface area contributed by atoms with Crippen LogP contribution in [-0.4, -0.2) is 18.2 Å². The van der Waals surface area contributed by atoms with Gasteiger partial charge in [0.05, 0.1) is 25.9 Å². The summed E-state index contributed by atoms with van der Waals surface area (Å²) < 4.78 is 12.2. The van der Waals surface area contributed by atoms with Gasteiger partial charge in [-0.2, -0.15) is 0 Å². The minimum Gasteiger partial charge on any atom is -0.376 e. The van der Waals surface area contributed by atoms with Gasteiger partial charge in [0.25, 0.3) is 0 Å². The van der Waals surface area contributed by atoms with Crippen molar-refractivity contribution in [3.8, 4) is 0 Å². The molecule has 0 radical (unpaired) electrons. The van der Waals surface area contributed by atoms with Crippen molar-refractivity contribution >= 4 is 0 Å². The number of ether oxygens (including phenoxy) is 2. The molecule has 3 heteroatoms. The molecule has 2 aliphatic carbocycles. The lowest BCUT2D eigenvalue weighted by atomic mass is 10.0. The summed E-state index contributed by atoms with van der Waals surface area (Å²) in [5.74, 6) is 0.983. The van der Waals surface area contributed by atoms with E-state index in [1.807, 2.05) is 24.3 Å². The van der Waals surface area contributed by atoms with Crippen molar-refractivity contribution in [1.29, 1.82) is 0 Å². The van der Waals surface area contributed by atoms with Crippen LogP contribution in [0, 0.1) is 11.8 Å². The maximum atomic E-state index is 6.45. The van der Waals surface area contributed by atoms with E-state index in [0.717, 1.165) is 19.4 Å². The van der Waals surface area contributed by atoms with Gasteiger partial charge >= 0.3 is 0 Å². The summed E-state index contributed by atoms with van der Waals surface area (Å²) in [6.45, 7) is 2.05. The lowest BCUT2D eigenvalue weighted by Crippen LogP contribution is -2.27. The Labute approximate surface area is 143 Å². The molecule has 0 heterocycles. The zero-order valence-corrected chi connectivity index (χ0v) is 13.9. The fourth-order valence-corrected chi connectivity index (χ4v) is 4.02. The van der Waals surface area contributed by atoms with E-state index in [9.17, 15) is 0 Å². The van der Waals surface area contributed by atoms with Gasteiger partial charge in [0.15, 0.2) is 0 Å². The molecule has 126 valence electrons. The molecule has 2 N–H and O–H groups in total. The standard InChI is InChI=1S/C21H25NO2/c22-21-11-19(21)18(15-23-13-16-7-3-1-4-8-16)20(12-21)24-14-17-9-5-2-6-10-17/h1-10,18-20H,11-15,22H2/t18-,19-,20-,21-/m0/s1. The van der Waals surface area contributed by atoms with E-state index < -0.39 is 0 Å². The summed E-state index contributed by atoms with van der Waals surface area (Å²) in [4.78, 5) is 0. The molecule has 2 aromatic carbocycles. The summed E-state index contributed by atoms with van der Waals surface area (Å²) in [5.41, 5.74) is 8.88. The average molecular weight is 323 g/mol. The monoisotopic (exact) mass is 323 g/mol. The van der Waals surface area contributed by atoms with Crippen molar-refractivity contribution in [2.75, 3.05) is 6.61 Å². The molecule has 0 spiro atoms. The van der Waals surface area contributed by atoms with Crippen LogP contribution in [-0.2, 0) is 22.7 Å². The van der Waals surface area contributed by atoms with Gasteiger partial charge in [-0.3, -0.25) is 0 Å². The Morgan fingerprint density at radius 3 is 2.17 bits per heavy atom. The third-order valence-corrected chi connectivity index (χ3v) is 5.48. The molecule has 2 aliphatic rings. The molecule has 0 aliphatic heterocycles. The van der Waals surface area contributed by atoms with Gasteiger partial charge in [-0.05, 0) is 29.9 Å². The van der Waals surface area contributed by atoms with Gasteiger partial charge in [0, 0.05) is 11.5 Å². The Balaban J connectivity index is 1.32. The third-order valence-electron chi connectivity index (χ3n) is 5.48. The van der Waals surface area contributed by atoms with Crippen LogP contribution < -0.4 is 5.73 Å². The first kappa shape index (κ1) is 15.8. The Hall–Kier alpha value is -1.68. The molecule has 3 nitrogen and oxygen atoms in total. The molecule has 2 fully saturated rings. The number of nitrogens with two attached hydrogens (primary N) is 1. The molecule has 4 atom stereocenters. The molecule has 0 unspecified atom stereocenters. The van der Waals surface area contributed by atoms with Crippen LogP contribution in [0.1, 0.15) is 24.0 Å². The molecule has 0 bridgehead atoms. The van der Waals surface area contributed by atoms with Gasteiger partial charge in [-0.1, -0.05) is 60.7 Å². The number of hydrogen-bond acceptors (Lipinski definition) is 3. The van der Waals surface area contributed by atoms with E-state index in [2.05, 4.69) is 36.4 Å². The van der Waals surface area contributed by atoms with Crippen LogP contribution in [0.3, 0.4) is 0 Å². The Kier molecular flexibility index (Phi) is 4.40. The highest BCUT2D eigenvalue weighted by atomic mass is 16.5. The Bertz CT molecular complexity index is 660. The van der Waals surface area contributed by atoms with Crippen LogP contribution in [0.4, 0.5) is 0 Å². The van der Waals surface area contributed by atoms with E-state index in [-0.39, 0.29) is 11.6 Å². The highest BCUT2D eigenvalue weighted by molar-refractivity contribution is 5.19. The van der Waals surface area contributed by atoms with Crippen LogP contribution in [0.15, 0.2) is 60.7 Å². The molecule has 0 aromatic heterocycles. The topological polar surface area (TPSA) is 44.5 Å². The number of rotatable bonds is 7. The molecule has 2 saturated carbocycles. The normalized spacial score (nSPS) is 31.0. The molecular weight excluding hydrogens is 298 g/mol. The first-order valence-electron chi connectivity index (χ1n) is 8.81. The zero-order chi connectivity index (χ0) is 16.4. The molecule has 2 aromatic rings. The number of hydrogen-bond donors (Lipinski definition) is 1. The third kappa shape index (κ3) is 3.39. The molecule has 0 saturated heterocycles. The maximum Gasteiger partial charge on any atom is 0.0720 e. The zero-order valence-electron chi connectivity index (χ0n) is 13.9. The Morgan fingerprint density at radius 1 is 0.875 bits per heavy atom. The number of benzene rings is 2. The van der Waals surface area contributed by atoms with Crippen molar-refractivity contribution in [3.05, 3.63) is 71.8 Å². The predicted octanol–water partition coefficient (Wildman–Crippen LogP) is 3.53. The van der Waals surface area contributed by atoms with E-state index in [1.165, 1.54) is 11.1 Å². The van der Waals surface area contributed by atoms with Gasteiger partial charge < -0.3 is 15.2 Å². The minimum absolute atomic E-state index is 0.00211. The largest absolute Gasteiger partial charge is 0.376 e. The second kappa shape index (κ2) is 6.67. The van der Waals surface area contributed by atoms with Crippen LogP contribution in [0.5, 0.6) is 0 Å². The lowest BCUT2D eigenvalue weighted by molar-refractivity contribution is -0.0300. The second-order valence-corrected chi connectivity index (χ2v) is 7.25. The van der Waals surface area contributed by atoms with Crippen molar-refractivity contribution in [2.24, 2.45) is 17.6 Å². The highest BCUT2D eigenvalue weighted by Gasteiger charge is 2.63. The predicted molar refractivity (Wildman–Crippen MR) is 94.2 cm³/mol. The van der Waals surface area contributed by atoms with Crippen LogP contribution in [0.2, 0.25) is 0 Å². The van der Waals surface area contributed by atoms with Crippen molar-refractivity contribution in [1.82, 2.24) is 0 Å². The fourth-order valence-electron chi connectivity index (χ4n) is 4.02. The molecule has 24 heavy (non-hydrogen) atoms. The van der Waals surface area contributed by atoms with E-state index in [1.54, 1.807) is 0 Å². The molecule has 0 amide bonds. The molecular formula is C21H25NO2. The van der Waals surface area contributed by atoms with Gasteiger partial charge in [-0.25, -0.2) is 0 Å². The lowest BCUT2D eigenvalue weighted by Gasteiger charge is -2.23. The summed E-state index contributed by atoms with van der Waals surface area (Å²) in [6.07, 6.45) is 2.30. The molecule has 4 rings (SSSR count). The van der Waals surface area contributed by atoms with E-state index >= 15 is 0 Å². The van der Waals surface area contributed by atoms with Crippen molar-refractivity contribution in [2.45, 2.75) is 37.7 Å². The smallest absolute Gasteiger partial charge is 0.0720 e. The summed E-state index contributed by atoms with van der Waals surface area (Å²) in [5, 5.41) is 0. The minimum atomic E-state index is 0.00211. The summed E-state index contributed by atoms with van der Waals surface area (Å²) >= 11 is 0. The highest BCUT2D eigenvalue weighted by Crippen LogP contribution is 2.58. The second-order valence-electron chi connectivity index (χ2n) is 7.25. The average Bonchev–Trinajstić information content (AvgIpc) is 3.21. The first-order valence-corrected chi connectivity index (χ1v) is 8.81. The van der Waals surface area contributed by atoms with E-state index in [4.69, 9.17) is 15.2 Å². The van der Waals surface area contributed by atoms with Gasteiger partial charge in [0.1, 0.15) is 0 Å². The van der Waals surface area contributed by atoms with Gasteiger partial charge in [0.2, 0.25) is 0 Å². The van der Waals surface area contributed by atoms with Crippen molar-refractivity contribution < 1.29 is 9.47 Å². The van der Waals surface area contributed by atoms with Crippen LogP contribution in [0.25, 0.3) is 0 Å². The summed E-state index contributed by atoms with van der Waals surface area (Å²) in [6, 6.07) is 20.7.